The average Bonchev–Trinajstić information content (AvgIpc) is 3.47. The van der Waals surface area contributed by atoms with Crippen LogP contribution >= 0.6 is 12.2 Å². The second-order valence-corrected chi connectivity index (χ2v) is 11.4. The van der Waals surface area contributed by atoms with Crippen LogP contribution in [0.1, 0.15) is 36.2 Å². The summed E-state index contributed by atoms with van der Waals surface area (Å²) in [5.74, 6) is 0.0794. The molecule has 0 aliphatic carbocycles. The summed E-state index contributed by atoms with van der Waals surface area (Å²) in [5.41, 5.74) is 0.689. The molecule has 2 aliphatic rings. The highest BCUT2D eigenvalue weighted by atomic mass is 32.2. The van der Waals surface area contributed by atoms with E-state index in [4.69, 9.17) is 21.7 Å². The fraction of sp³-hybridized carbons (Fsp3) is 0.231. The number of amides is 2. The van der Waals surface area contributed by atoms with Gasteiger partial charge in [-0.1, -0.05) is 36.5 Å². The molecule has 1 atom stereocenters. The summed E-state index contributed by atoms with van der Waals surface area (Å²) in [5, 5.41) is 5.50. The number of para-hydroxylation sites is 1. The number of hydrogen-bond acceptors (Lipinski definition) is 8. The first-order chi connectivity index (χ1) is 18.5. The number of rotatable bonds is 7. The van der Waals surface area contributed by atoms with Gasteiger partial charge in [0.1, 0.15) is 11.7 Å². The van der Waals surface area contributed by atoms with Gasteiger partial charge in [0, 0.05) is 35.9 Å². The van der Waals surface area contributed by atoms with Crippen molar-refractivity contribution in [2.75, 3.05) is 28.4 Å². The van der Waals surface area contributed by atoms with Gasteiger partial charge in [0.25, 0.3) is 5.56 Å². The molecule has 0 bridgehead atoms. The van der Waals surface area contributed by atoms with Gasteiger partial charge < -0.3 is 20.1 Å². The molecule has 5 rings (SSSR count). The topological polar surface area (TPSA) is 145 Å². The molecule has 2 amide bonds. The summed E-state index contributed by atoms with van der Waals surface area (Å²) in [4.78, 5) is 39.8. The van der Waals surface area contributed by atoms with Gasteiger partial charge in [-0.15, -0.1) is 0 Å². The summed E-state index contributed by atoms with van der Waals surface area (Å²) in [6.45, 7) is 1.35. The Bertz CT molecular complexity index is 1680. The van der Waals surface area contributed by atoms with E-state index in [1.54, 1.807) is 48.5 Å². The number of aromatic nitrogens is 1. The molecule has 202 valence electrons. The smallest absolute Gasteiger partial charge is 0.276 e. The SMILES string of the molecule is CC(=O)Nc1c(Cc2ccc3c(c2)OCO3)c(NS(C)(=O)=O)c(=O)n2c1C(=S)C[C@@H]2C(=O)Nc1ccccc1. The Balaban J connectivity index is 1.69. The maximum atomic E-state index is 13.9. The largest absolute Gasteiger partial charge is 0.454 e. The molecule has 13 heteroatoms. The second-order valence-electron chi connectivity index (χ2n) is 9.17. The number of anilines is 3. The van der Waals surface area contributed by atoms with Crippen molar-refractivity contribution in [1.29, 1.82) is 0 Å². The Morgan fingerprint density at radius 3 is 2.46 bits per heavy atom. The lowest BCUT2D eigenvalue weighted by Gasteiger charge is -2.22. The van der Waals surface area contributed by atoms with Crippen LogP contribution in [0.2, 0.25) is 0 Å². The molecular formula is C26H24N4O7S2. The van der Waals surface area contributed by atoms with E-state index in [0.29, 0.717) is 22.7 Å². The number of sulfonamides is 1. The maximum Gasteiger partial charge on any atom is 0.276 e. The molecule has 3 N–H and O–H groups in total. The van der Waals surface area contributed by atoms with E-state index >= 15 is 0 Å². The number of carbonyl (C=O) groups excluding carboxylic acids is 2. The number of nitrogens with zero attached hydrogens (tertiary/aromatic N) is 1. The molecule has 2 aromatic carbocycles. The van der Waals surface area contributed by atoms with Crippen LogP contribution in [0, 0.1) is 0 Å². The van der Waals surface area contributed by atoms with E-state index in [0.717, 1.165) is 10.8 Å². The average molecular weight is 569 g/mol. The lowest BCUT2D eigenvalue weighted by molar-refractivity contribution is -0.119. The van der Waals surface area contributed by atoms with Gasteiger partial charge in [0.15, 0.2) is 11.5 Å². The Labute approximate surface area is 229 Å². The number of thiocarbonyl (C=S) groups is 1. The third-order valence-corrected chi connectivity index (χ3v) is 7.15. The van der Waals surface area contributed by atoms with Gasteiger partial charge in [-0.2, -0.15) is 0 Å². The first kappa shape index (κ1) is 26.4. The van der Waals surface area contributed by atoms with Crippen LogP contribution < -0.4 is 30.4 Å². The Hall–Kier alpha value is -4.23. The van der Waals surface area contributed by atoms with Gasteiger partial charge in [0.05, 0.1) is 17.6 Å². The Morgan fingerprint density at radius 1 is 1.05 bits per heavy atom. The zero-order valence-electron chi connectivity index (χ0n) is 20.9. The van der Waals surface area contributed by atoms with Crippen molar-refractivity contribution < 1.29 is 27.5 Å². The number of ether oxygens (including phenoxy) is 2. The van der Waals surface area contributed by atoms with Crippen LogP contribution in [0.25, 0.3) is 0 Å². The third-order valence-electron chi connectivity index (χ3n) is 6.22. The lowest BCUT2D eigenvalue weighted by atomic mass is 10.00. The minimum absolute atomic E-state index is 0.0155. The van der Waals surface area contributed by atoms with Crippen molar-refractivity contribution in [2.24, 2.45) is 0 Å². The first-order valence-corrected chi connectivity index (χ1v) is 14.2. The van der Waals surface area contributed by atoms with Crippen LogP contribution in [0.4, 0.5) is 17.1 Å². The number of nitrogens with one attached hydrogen (secondary N) is 3. The molecule has 0 saturated heterocycles. The molecule has 11 nitrogen and oxygen atoms in total. The van der Waals surface area contributed by atoms with E-state index in [9.17, 15) is 22.8 Å². The number of benzene rings is 2. The van der Waals surface area contributed by atoms with Gasteiger partial charge in [-0.3, -0.25) is 23.7 Å². The van der Waals surface area contributed by atoms with Crippen LogP contribution in [-0.4, -0.2) is 42.7 Å². The van der Waals surface area contributed by atoms with Crippen molar-refractivity contribution in [3.05, 3.63) is 75.7 Å². The third kappa shape index (κ3) is 5.36. The van der Waals surface area contributed by atoms with E-state index in [1.807, 2.05) is 0 Å². The van der Waals surface area contributed by atoms with Crippen molar-refractivity contribution >= 4 is 56.0 Å². The lowest BCUT2D eigenvalue weighted by Crippen LogP contribution is -2.35. The summed E-state index contributed by atoms with van der Waals surface area (Å²) < 4.78 is 39.0. The van der Waals surface area contributed by atoms with Crippen molar-refractivity contribution in [1.82, 2.24) is 4.57 Å². The van der Waals surface area contributed by atoms with E-state index in [1.165, 1.54) is 6.92 Å². The summed E-state index contributed by atoms with van der Waals surface area (Å²) in [6.07, 6.45) is 0.968. The number of carbonyl (C=O) groups is 2. The zero-order chi connectivity index (χ0) is 27.9. The molecule has 0 unspecified atom stereocenters. The van der Waals surface area contributed by atoms with Crippen LogP contribution in [0.5, 0.6) is 11.5 Å². The molecule has 39 heavy (non-hydrogen) atoms. The molecule has 1 aromatic heterocycles. The van der Waals surface area contributed by atoms with Crippen LogP contribution in [-0.2, 0) is 26.0 Å². The molecule has 3 heterocycles. The van der Waals surface area contributed by atoms with E-state index in [2.05, 4.69) is 15.4 Å². The molecule has 0 spiro atoms. The molecule has 0 saturated carbocycles. The summed E-state index contributed by atoms with van der Waals surface area (Å²) in [7, 11) is -3.94. The summed E-state index contributed by atoms with van der Waals surface area (Å²) >= 11 is 5.61. The Kier molecular flexibility index (Phi) is 6.87. The van der Waals surface area contributed by atoms with Gasteiger partial charge in [-0.05, 0) is 29.8 Å². The van der Waals surface area contributed by atoms with Crippen molar-refractivity contribution in [2.45, 2.75) is 25.8 Å². The monoisotopic (exact) mass is 568 g/mol. The highest BCUT2D eigenvalue weighted by Crippen LogP contribution is 2.39. The molecular weight excluding hydrogens is 544 g/mol. The highest BCUT2D eigenvalue weighted by molar-refractivity contribution is 7.92. The minimum atomic E-state index is -3.94. The highest BCUT2D eigenvalue weighted by Gasteiger charge is 2.38. The minimum Gasteiger partial charge on any atom is -0.454 e. The fourth-order valence-corrected chi connectivity index (χ4v) is 5.60. The number of pyridine rings is 1. The van der Waals surface area contributed by atoms with Crippen molar-refractivity contribution in [3.63, 3.8) is 0 Å². The molecule has 0 radical (unpaired) electrons. The normalized spacial score (nSPS) is 15.5. The van der Waals surface area contributed by atoms with Crippen LogP contribution in [0.15, 0.2) is 53.3 Å². The standard InChI is InChI=1S/C26H24N4O7S2/c1-14(31)27-22-17(10-15-8-9-19-20(11-15)37-13-36-19)23(29-39(2,34)35)26(33)30-18(12-21(38)24(22)30)25(32)28-16-6-4-3-5-7-16/h3-9,11,18,29H,10,12-13H2,1-2H3,(H,27,31)(H,28,32)/t18-/m1/s1. The molecule has 3 aromatic rings. The van der Waals surface area contributed by atoms with E-state index in [-0.39, 0.29) is 47.1 Å². The maximum absolute atomic E-state index is 13.9. The number of fused-ring (bicyclic) bond motifs is 2. The Morgan fingerprint density at radius 2 is 1.77 bits per heavy atom. The van der Waals surface area contributed by atoms with Crippen LogP contribution in [0.3, 0.4) is 0 Å². The molecule has 2 aliphatic heterocycles. The van der Waals surface area contributed by atoms with Gasteiger partial charge in [-0.25, -0.2) is 8.42 Å². The van der Waals surface area contributed by atoms with Gasteiger partial charge >= 0.3 is 0 Å². The zero-order valence-corrected chi connectivity index (χ0v) is 22.6. The number of hydrogen-bond donors (Lipinski definition) is 3. The predicted octanol–water partition coefficient (Wildman–Crippen LogP) is 2.80. The molecule has 0 fully saturated rings. The fourth-order valence-electron chi connectivity index (χ4n) is 4.66. The second kappa shape index (κ2) is 10.2. The first-order valence-electron chi connectivity index (χ1n) is 11.9. The van der Waals surface area contributed by atoms with E-state index < -0.39 is 33.4 Å². The summed E-state index contributed by atoms with van der Waals surface area (Å²) in [6, 6.07) is 12.8. The predicted molar refractivity (Wildman–Crippen MR) is 149 cm³/mol. The van der Waals surface area contributed by atoms with Crippen molar-refractivity contribution in [3.8, 4) is 11.5 Å². The van der Waals surface area contributed by atoms with Gasteiger partial charge in [0.2, 0.25) is 28.6 Å². The quantitative estimate of drug-likeness (QED) is 0.369.